The van der Waals surface area contributed by atoms with Gasteiger partial charge in [-0.3, -0.25) is 9.89 Å². The van der Waals surface area contributed by atoms with Gasteiger partial charge in [-0.25, -0.2) is 0 Å². The molecule has 1 N–H and O–H groups in total. The average molecular weight is 331 g/mol. The molecule has 0 bridgehead atoms. The van der Waals surface area contributed by atoms with E-state index in [2.05, 4.69) is 76.9 Å². The van der Waals surface area contributed by atoms with Crippen LogP contribution in [0.15, 0.2) is 65.8 Å². The van der Waals surface area contributed by atoms with Crippen molar-refractivity contribution in [2.24, 2.45) is 4.99 Å². The number of hydrogen-bond acceptors (Lipinski definition) is 2. The Bertz CT molecular complexity index is 827. The third-order valence-corrected chi connectivity index (χ3v) is 5.11. The molecule has 3 aromatic rings. The van der Waals surface area contributed by atoms with Crippen molar-refractivity contribution in [1.82, 2.24) is 9.88 Å². The van der Waals surface area contributed by atoms with Gasteiger partial charge in [-0.2, -0.15) is 0 Å². The largest absolute Gasteiger partial charge is 0.361 e. The van der Waals surface area contributed by atoms with Crippen LogP contribution in [0.1, 0.15) is 24.0 Å². The summed E-state index contributed by atoms with van der Waals surface area (Å²) >= 11 is 0. The molecule has 0 aliphatic carbocycles. The van der Waals surface area contributed by atoms with Gasteiger partial charge in [0.25, 0.3) is 0 Å². The van der Waals surface area contributed by atoms with Gasteiger partial charge in [-0.15, -0.1) is 0 Å². The highest BCUT2D eigenvalue weighted by Crippen LogP contribution is 2.19. The highest BCUT2D eigenvalue weighted by atomic mass is 15.1. The first kappa shape index (κ1) is 16.1. The molecule has 2 heterocycles. The normalized spacial score (nSPS) is 16.8. The summed E-state index contributed by atoms with van der Waals surface area (Å²) in [7, 11) is 0. The Kier molecular flexibility index (Phi) is 4.93. The lowest BCUT2D eigenvalue weighted by atomic mass is 10.0. The van der Waals surface area contributed by atoms with Crippen LogP contribution >= 0.6 is 0 Å². The summed E-state index contributed by atoms with van der Waals surface area (Å²) in [5.41, 5.74) is 3.95. The zero-order valence-electron chi connectivity index (χ0n) is 14.6. The number of H-pyrrole nitrogens is 1. The van der Waals surface area contributed by atoms with Crippen LogP contribution in [0, 0.1) is 0 Å². The maximum Gasteiger partial charge on any atom is 0.0520 e. The Morgan fingerprint density at radius 1 is 1.00 bits per heavy atom. The Hall–Kier alpha value is -2.39. The van der Waals surface area contributed by atoms with Crippen LogP contribution in [0.25, 0.3) is 10.9 Å². The fourth-order valence-electron chi connectivity index (χ4n) is 3.67. The molecule has 4 rings (SSSR count). The molecular formula is C22H25N3. The third-order valence-electron chi connectivity index (χ3n) is 5.11. The summed E-state index contributed by atoms with van der Waals surface area (Å²) in [5.74, 6) is 0. The Morgan fingerprint density at radius 3 is 2.60 bits per heavy atom. The molecule has 25 heavy (non-hydrogen) atoms. The summed E-state index contributed by atoms with van der Waals surface area (Å²) < 4.78 is 0. The van der Waals surface area contributed by atoms with Gasteiger partial charge in [0.2, 0.25) is 0 Å². The van der Waals surface area contributed by atoms with Gasteiger partial charge in [0, 0.05) is 49.4 Å². The van der Waals surface area contributed by atoms with Crippen LogP contribution in [0.4, 0.5) is 0 Å². The predicted octanol–water partition coefficient (Wildman–Crippen LogP) is 4.45. The standard InChI is InChI=1S/C22H25N3/c1-2-6-18(7-3-1)17-25-14-11-20(12-15-25)23-13-10-19-16-24-22-9-5-4-8-21(19)22/h1-9,13,16,20,24H,10-12,14-15,17H2. The van der Waals surface area contributed by atoms with Crippen molar-refractivity contribution < 1.29 is 0 Å². The minimum absolute atomic E-state index is 0.484. The summed E-state index contributed by atoms with van der Waals surface area (Å²) in [4.78, 5) is 10.7. The molecule has 0 radical (unpaired) electrons. The van der Waals surface area contributed by atoms with E-state index in [9.17, 15) is 0 Å². The smallest absolute Gasteiger partial charge is 0.0520 e. The molecule has 1 aliphatic heterocycles. The van der Waals surface area contributed by atoms with Gasteiger partial charge in [-0.05, 0) is 30.0 Å². The Labute approximate surface area is 149 Å². The second-order valence-electron chi connectivity index (χ2n) is 6.89. The molecule has 0 atom stereocenters. The number of hydrogen-bond donors (Lipinski definition) is 1. The summed E-state index contributed by atoms with van der Waals surface area (Å²) in [6.07, 6.45) is 7.47. The predicted molar refractivity (Wildman–Crippen MR) is 105 cm³/mol. The van der Waals surface area contributed by atoms with E-state index in [4.69, 9.17) is 4.99 Å². The van der Waals surface area contributed by atoms with E-state index in [0.717, 1.165) is 38.9 Å². The summed E-state index contributed by atoms with van der Waals surface area (Å²) in [5, 5.41) is 1.31. The minimum atomic E-state index is 0.484. The molecule has 0 spiro atoms. The summed E-state index contributed by atoms with van der Waals surface area (Å²) in [6, 6.07) is 19.7. The van der Waals surface area contributed by atoms with E-state index in [1.54, 1.807) is 0 Å². The maximum atomic E-state index is 4.84. The average Bonchev–Trinajstić information content (AvgIpc) is 3.07. The number of piperidine rings is 1. The molecule has 1 saturated heterocycles. The number of aromatic amines is 1. The molecule has 3 heteroatoms. The number of nitrogens with one attached hydrogen (secondary N) is 1. The number of fused-ring (bicyclic) bond motifs is 1. The van der Waals surface area contributed by atoms with Crippen molar-refractivity contribution in [2.45, 2.75) is 31.8 Å². The van der Waals surface area contributed by atoms with Crippen molar-refractivity contribution in [3.05, 3.63) is 71.9 Å². The van der Waals surface area contributed by atoms with Crippen molar-refractivity contribution >= 4 is 17.1 Å². The van der Waals surface area contributed by atoms with Gasteiger partial charge >= 0.3 is 0 Å². The van der Waals surface area contributed by atoms with E-state index in [-0.39, 0.29) is 0 Å². The first-order chi connectivity index (χ1) is 12.4. The van der Waals surface area contributed by atoms with E-state index in [1.807, 2.05) is 0 Å². The number of aliphatic imine (C=N–C) groups is 1. The zero-order chi connectivity index (χ0) is 16.9. The lowest BCUT2D eigenvalue weighted by Gasteiger charge is -2.30. The number of likely N-dealkylation sites (tertiary alicyclic amines) is 1. The summed E-state index contributed by atoms with van der Waals surface area (Å²) in [6.45, 7) is 3.35. The molecule has 0 unspecified atom stereocenters. The van der Waals surface area contributed by atoms with Gasteiger partial charge in [0.05, 0.1) is 6.04 Å². The first-order valence-corrected chi connectivity index (χ1v) is 9.21. The van der Waals surface area contributed by atoms with Crippen molar-refractivity contribution in [3.63, 3.8) is 0 Å². The molecule has 0 saturated carbocycles. The van der Waals surface area contributed by atoms with Crippen LogP contribution in [0.3, 0.4) is 0 Å². The Balaban J connectivity index is 1.28. The van der Waals surface area contributed by atoms with Gasteiger partial charge in [0.15, 0.2) is 0 Å². The topological polar surface area (TPSA) is 31.4 Å². The molecule has 3 nitrogen and oxygen atoms in total. The van der Waals surface area contributed by atoms with E-state index >= 15 is 0 Å². The van der Waals surface area contributed by atoms with Crippen LogP contribution in [-0.2, 0) is 13.0 Å². The molecule has 1 aromatic heterocycles. The van der Waals surface area contributed by atoms with Crippen LogP contribution < -0.4 is 0 Å². The monoisotopic (exact) mass is 331 g/mol. The minimum Gasteiger partial charge on any atom is -0.361 e. The molecule has 0 amide bonds. The van der Waals surface area contributed by atoms with Crippen LogP contribution in [0.5, 0.6) is 0 Å². The number of nitrogens with zero attached hydrogens (tertiary/aromatic N) is 2. The van der Waals surface area contributed by atoms with Gasteiger partial charge < -0.3 is 4.98 Å². The molecule has 1 aliphatic rings. The quantitative estimate of drug-likeness (QED) is 0.688. The lowest BCUT2D eigenvalue weighted by Crippen LogP contribution is -2.34. The number of aromatic nitrogens is 1. The van der Waals surface area contributed by atoms with Crippen molar-refractivity contribution in [2.75, 3.05) is 13.1 Å². The molecule has 1 fully saturated rings. The highest BCUT2D eigenvalue weighted by Gasteiger charge is 2.17. The number of rotatable bonds is 5. The second-order valence-corrected chi connectivity index (χ2v) is 6.89. The fraction of sp³-hybridized carbons (Fsp3) is 0.318. The second kappa shape index (κ2) is 7.66. The highest BCUT2D eigenvalue weighted by molar-refractivity contribution is 5.85. The number of para-hydroxylation sites is 1. The maximum absolute atomic E-state index is 4.84. The Morgan fingerprint density at radius 2 is 1.76 bits per heavy atom. The zero-order valence-corrected chi connectivity index (χ0v) is 14.6. The first-order valence-electron chi connectivity index (χ1n) is 9.21. The van der Waals surface area contributed by atoms with Crippen molar-refractivity contribution in [3.8, 4) is 0 Å². The number of benzene rings is 2. The van der Waals surface area contributed by atoms with E-state index < -0.39 is 0 Å². The van der Waals surface area contributed by atoms with Gasteiger partial charge in [-0.1, -0.05) is 48.5 Å². The third kappa shape index (κ3) is 3.99. The van der Waals surface area contributed by atoms with E-state index in [0.29, 0.717) is 6.04 Å². The van der Waals surface area contributed by atoms with Gasteiger partial charge in [0.1, 0.15) is 0 Å². The fourth-order valence-corrected chi connectivity index (χ4v) is 3.67. The van der Waals surface area contributed by atoms with Crippen LogP contribution in [0.2, 0.25) is 0 Å². The van der Waals surface area contributed by atoms with E-state index in [1.165, 1.54) is 22.0 Å². The van der Waals surface area contributed by atoms with Crippen molar-refractivity contribution in [1.29, 1.82) is 0 Å². The molecule has 2 aromatic carbocycles. The van der Waals surface area contributed by atoms with Crippen LogP contribution in [-0.4, -0.2) is 35.2 Å². The molecule has 128 valence electrons. The lowest BCUT2D eigenvalue weighted by molar-refractivity contribution is 0.206. The SMILES string of the molecule is C(Cc1c[nH]c2ccccc12)=NC1CCN(Cc2ccccc2)CC1. The molecular weight excluding hydrogens is 306 g/mol.